The second-order valence-electron chi connectivity index (χ2n) is 6.84. The van der Waals surface area contributed by atoms with E-state index >= 15 is 0 Å². The number of aryl methyl sites for hydroxylation is 1. The van der Waals surface area contributed by atoms with Crippen molar-refractivity contribution in [2.24, 2.45) is 0 Å². The van der Waals surface area contributed by atoms with Crippen LogP contribution in [0.1, 0.15) is 19.4 Å². The Labute approximate surface area is 171 Å². The average Bonchev–Trinajstić information content (AvgIpc) is 2.68. The molecule has 0 aliphatic heterocycles. The van der Waals surface area contributed by atoms with Gasteiger partial charge in [-0.1, -0.05) is 29.8 Å². The van der Waals surface area contributed by atoms with Gasteiger partial charge in [-0.25, -0.2) is 9.59 Å². The average molecular weight is 412 g/mol. The first-order valence-electron chi connectivity index (χ1n) is 9.13. The molecule has 0 radical (unpaired) electrons. The van der Waals surface area contributed by atoms with E-state index in [9.17, 15) is 19.5 Å². The fraction of sp³-hybridized carbons (Fsp3) is 0.227. The highest BCUT2D eigenvalue weighted by atomic mass is 16.5. The highest BCUT2D eigenvalue weighted by Gasteiger charge is 2.21. The van der Waals surface area contributed by atoms with E-state index in [1.54, 1.807) is 12.1 Å². The second-order valence-corrected chi connectivity index (χ2v) is 6.84. The van der Waals surface area contributed by atoms with Crippen molar-refractivity contribution in [2.75, 3.05) is 0 Å². The topological polar surface area (TPSA) is 123 Å². The van der Waals surface area contributed by atoms with E-state index in [-0.39, 0.29) is 28.0 Å². The Balaban J connectivity index is 2.19. The van der Waals surface area contributed by atoms with Crippen molar-refractivity contribution in [1.82, 2.24) is 0 Å². The van der Waals surface area contributed by atoms with Crippen LogP contribution in [0.25, 0.3) is 22.1 Å². The number of ether oxygens (including phenoxy) is 2. The van der Waals surface area contributed by atoms with Gasteiger partial charge >= 0.3 is 11.9 Å². The van der Waals surface area contributed by atoms with Crippen LogP contribution in [0.2, 0.25) is 0 Å². The van der Waals surface area contributed by atoms with Crippen molar-refractivity contribution in [3.8, 4) is 22.6 Å². The largest absolute Gasteiger partial charge is 0.479 e. The fourth-order valence-corrected chi connectivity index (χ4v) is 2.78. The van der Waals surface area contributed by atoms with E-state index in [0.29, 0.717) is 5.56 Å². The summed E-state index contributed by atoms with van der Waals surface area (Å²) in [5.41, 5.74) is 1.61. The first kappa shape index (κ1) is 20.9. The van der Waals surface area contributed by atoms with Gasteiger partial charge in [0.25, 0.3) is 0 Å². The molecule has 3 aromatic rings. The molecule has 8 heteroatoms. The minimum atomic E-state index is -1.26. The third-order valence-electron chi connectivity index (χ3n) is 4.49. The van der Waals surface area contributed by atoms with Gasteiger partial charge in [0.05, 0.1) is 5.56 Å². The standard InChI is InChI=1S/C22H20O8/c1-11-4-6-14(7-5-11)16-10-28-17-8-15(29-12(2)21(24)25)9-18(19(17)20(16)23)30-13(3)22(26)27/h4-10,12-13H,1-3H3,(H,24,25)(H,26,27)/t12-,13-/m1/s1. The van der Waals surface area contributed by atoms with Gasteiger partial charge in [0.1, 0.15) is 28.7 Å². The van der Waals surface area contributed by atoms with E-state index in [4.69, 9.17) is 19.0 Å². The highest BCUT2D eigenvalue weighted by Crippen LogP contribution is 2.32. The summed E-state index contributed by atoms with van der Waals surface area (Å²) in [6.07, 6.45) is -1.14. The molecule has 2 N–H and O–H groups in total. The maximum atomic E-state index is 13.2. The number of carboxylic acid groups (broad SMARTS) is 2. The Hall–Kier alpha value is -3.81. The Morgan fingerprint density at radius 3 is 2.17 bits per heavy atom. The van der Waals surface area contributed by atoms with Gasteiger partial charge in [0.2, 0.25) is 5.43 Å². The summed E-state index contributed by atoms with van der Waals surface area (Å²) < 4.78 is 16.4. The van der Waals surface area contributed by atoms with Gasteiger partial charge in [-0.15, -0.1) is 0 Å². The van der Waals surface area contributed by atoms with Crippen molar-refractivity contribution < 1.29 is 33.7 Å². The summed E-state index contributed by atoms with van der Waals surface area (Å²) in [4.78, 5) is 35.6. The number of hydrogen-bond acceptors (Lipinski definition) is 6. The van der Waals surface area contributed by atoms with Gasteiger partial charge in [0, 0.05) is 12.1 Å². The molecule has 2 aromatic carbocycles. The zero-order valence-electron chi connectivity index (χ0n) is 16.5. The summed E-state index contributed by atoms with van der Waals surface area (Å²) >= 11 is 0. The Morgan fingerprint density at radius 2 is 1.57 bits per heavy atom. The van der Waals surface area contributed by atoms with Crippen LogP contribution in [0.15, 0.2) is 51.9 Å². The van der Waals surface area contributed by atoms with E-state index in [1.165, 1.54) is 32.2 Å². The molecule has 8 nitrogen and oxygen atoms in total. The molecule has 30 heavy (non-hydrogen) atoms. The molecule has 156 valence electrons. The molecule has 0 amide bonds. The van der Waals surface area contributed by atoms with Crippen LogP contribution >= 0.6 is 0 Å². The van der Waals surface area contributed by atoms with E-state index in [2.05, 4.69) is 0 Å². The van der Waals surface area contributed by atoms with Crippen LogP contribution in [0, 0.1) is 6.92 Å². The van der Waals surface area contributed by atoms with Crippen molar-refractivity contribution >= 4 is 22.9 Å². The SMILES string of the molecule is Cc1ccc(-c2coc3cc(O[C@H](C)C(=O)O)cc(O[C@H](C)C(=O)O)c3c2=O)cc1. The molecule has 0 aliphatic carbocycles. The Morgan fingerprint density at radius 1 is 0.967 bits per heavy atom. The summed E-state index contributed by atoms with van der Waals surface area (Å²) in [5.74, 6) is -2.42. The smallest absolute Gasteiger partial charge is 0.344 e. The number of carboxylic acids is 2. The van der Waals surface area contributed by atoms with Crippen LogP contribution < -0.4 is 14.9 Å². The zero-order chi connectivity index (χ0) is 22.0. The van der Waals surface area contributed by atoms with Crippen molar-refractivity contribution in [1.29, 1.82) is 0 Å². The predicted molar refractivity (Wildman–Crippen MR) is 108 cm³/mol. The van der Waals surface area contributed by atoms with Crippen LogP contribution in [0.3, 0.4) is 0 Å². The first-order valence-corrected chi connectivity index (χ1v) is 9.13. The lowest BCUT2D eigenvalue weighted by molar-refractivity contribution is -0.144. The first-order chi connectivity index (χ1) is 14.2. The van der Waals surface area contributed by atoms with Gasteiger partial charge in [-0.3, -0.25) is 4.79 Å². The zero-order valence-corrected chi connectivity index (χ0v) is 16.5. The van der Waals surface area contributed by atoms with Crippen LogP contribution in [0.5, 0.6) is 11.5 Å². The summed E-state index contributed by atoms with van der Waals surface area (Å²) in [6, 6.07) is 9.92. The van der Waals surface area contributed by atoms with Gasteiger partial charge < -0.3 is 24.1 Å². The molecule has 3 rings (SSSR count). The lowest BCUT2D eigenvalue weighted by Crippen LogP contribution is -2.24. The molecule has 1 aromatic heterocycles. The molecular weight excluding hydrogens is 392 g/mol. The summed E-state index contributed by atoms with van der Waals surface area (Å²) in [5, 5.41) is 18.3. The van der Waals surface area contributed by atoms with Crippen LogP contribution in [-0.4, -0.2) is 34.4 Å². The molecule has 0 bridgehead atoms. The van der Waals surface area contributed by atoms with Crippen LogP contribution in [-0.2, 0) is 9.59 Å². The number of benzene rings is 2. The van der Waals surface area contributed by atoms with Gasteiger partial charge in [-0.2, -0.15) is 0 Å². The van der Waals surface area contributed by atoms with E-state index in [1.807, 2.05) is 19.1 Å². The molecule has 0 spiro atoms. The Kier molecular flexibility index (Phi) is 5.77. The molecule has 1 heterocycles. The van der Waals surface area contributed by atoms with Gasteiger partial charge in [-0.05, 0) is 26.3 Å². The normalized spacial score (nSPS) is 12.9. The maximum absolute atomic E-state index is 13.2. The molecular formula is C22H20O8. The number of rotatable bonds is 7. The molecule has 0 fully saturated rings. The predicted octanol–water partition coefficient (Wildman–Crippen LogP) is 3.47. The lowest BCUT2D eigenvalue weighted by Gasteiger charge is -2.16. The van der Waals surface area contributed by atoms with Crippen molar-refractivity contribution in [3.63, 3.8) is 0 Å². The monoisotopic (exact) mass is 412 g/mol. The molecule has 0 saturated carbocycles. The summed E-state index contributed by atoms with van der Waals surface area (Å²) in [7, 11) is 0. The van der Waals surface area contributed by atoms with Crippen LogP contribution in [0.4, 0.5) is 0 Å². The van der Waals surface area contributed by atoms with E-state index in [0.717, 1.165) is 5.56 Å². The lowest BCUT2D eigenvalue weighted by atomic mass is 10.0. The number of carbonyl (C=O) groups is 2. The number of fused-ring (bicyclic) bond motifs is 1. The minimum Gasteiger partial charge on any atom is -0.479 e. The molecule has 2 atom stereocenters. The Bertz CT molecular complexity index is 1160. The third-order valence-corrected chi connectivity index (χ3v) is 4.49. The fourth-order valence-electron chi connectivity index (χ4n) is 2.78. The molecule has 0 unspecified atom stereocenters. The molecule has 0 aliphatic rings. The minimum absolute atomic E-state index is 0.0384. The number of hydrogen-bond donors (Lipinski definition) is 2. The quantitative estimate of drug-likeness (QED) is 0.605. The number of aliphatic carboxylic acids is 2. The van der Waals surface area contributed by atoms with Crippen molar-refractivity contribution in [2.45, 2.75) is 33.0 Å². The highest BCUT2D eigenvalue weighted by molar-refractivity contribution is 5.89. The van der Waals surface area contributed by atoms with Gasteiger partial charge in [0.15, 0.2) is 12.2 Å². The second kappa shape index (κ2) is 8.28. The summed E-state index contributed by atoms with van der Waals surface area (Å²) in [6.45, 7) is 4.57. The maximum Gasteiger partial charge on any atom is 0.344 e. The van der Waals surface area contributed by atoms with E-state index < -0.39 is 29.6 Å². The third kappa shape index (κ3) is 4.27. The molecule has 0 saturated heterocycles. The van der Waals surface area contributed by atoms with Crippen molar-refractivity contribution in [3.05, 3.63) is 58.4 Å².